The van der Waals surface area contributed by atoms with E-state index in [1.54, 1.807) is 6.07 Å². The van der Waals surface area contributed by atoms with Crippen molar-refractivity contribution in [1.29, 1.82) is 0 Å². The van der Waals surface area contributed by atoms with Crippen LogP contribution in [0.15, 0.2) is 30.5 Å². The average Bonchev–Trinajstić information content (AvgIpc) is 3.39. The summed E-state index contributed by atoms with van der Waals surface area (Å²) >= 11 is 7.52. The summed E-state index contributed by atoms with van der Waals surface area (Å²) in [4.78, 5) is 59.3. The highest BCUT2D eigenvalue weighted by atomic mass is 35.5. The van der Waals surface area contributed by atoms with Crippen molar-refractivity contribution in [2.75, 3.05) is 67.9 Å². The van der Waals surface area contributed by atoms with E-state index in [1.807, 2.05) is 57.7 Å². The summed E-state index contributed by atoms with van der Waals surface area (Å²) in [5.41, 5.74) is 0.877. The van der Waals surface area contributed by atoms with Gasteiger partial charge in [0.25, 0.3) is 5.91 Å². The largest absolute Gasteiger partial charge is 0.444 e. The molecule has 3 N–H and O–H groups in total. The molecule has 2 aromatic heterocycles. The number of nitrogens with one attached hydrogen (secondary N) is 3. The lowest BCUT2D eigenvalue weighted by molar-refractivity contribution is -0.133. The number of piperazine rings is 1. The lowest BCUT2D eigenvalue weighted by atomic mass is 9.99. The Labute approximate surface area is 315 Å². The van der Waals surface area contributed by atoms with Crippen LogP contribution in [0.25, 0.3) is 0 Å². The number of amides is 3. The number of benzene rings is 1. The molecule has 1 aromatic carbocycles. The topological polar surface area (TPSA) is 145 Å². The van der Waals surface area contributed by atoms with Gasteiger partial charge in [0.2, 0.25) is 5.91 Å². The van der Waals surface area contributed by atoms with Gasteiger partial charge in [-0.1, -0.05) is 60.8 Å². The van der Waals surface area contributed by atoms with Crippen LogP contribution < -0.4 is 20.9 Å². The SMILES string of the molecule is Cc1nc(Nc2ncc(C(=O)Nc3c(C)cccc3Cl)s2)cc(N2CCN(CC(=O)N(CCNC(=O)OC(C)(C)C)CC3CCCCCC3)CC2)n1. The zero-order valence-corrected chi connectivity index (χ0v) is 32.5. The van der Waals surface area contributed by atoms with E-state index in [-0.39, 0.29) is 11.8 Å². The van der Waals surface area contributed by atoms with E-state index in [0.717, 1.165) is 30.8 Å². The number of aryl methyl sites for hydroxylation is 2. The zero-order chi connectivity index (χ0) is 37.3. The number of ether oxygens (including phenoxy) is 1. The van der Waals surface area contributed by atoms with Gasteiger partial charge in [-0.15, -0.1) is 0 Å². The van der Waals surface area contributed by atoms with E-state index >= 15 is 0 Å². The number of hydrogen-bond donors (Lipinski definition) is 3. The molecule has 2 aliphatic rings. The molecule has 282 valence electrons. The van der Waals surface area contributed by atoms with E-state index < -0.39 is 11.7 Å². The summed E-state index contributed by atoms with van der Waals surface area (Å²) < 4.78 is 5.39. The van der Waals surface area contributed by atoms with Gasteiger partial charge in [-0.3, -0.25) is 14.5 Å². The van der Waals surface area contributed by atoms with E-state index in [9.17, 15) is 14.4 Å². The molecule has 5 rings (SSSR count). The first-order valence-electron chi connectivity index (χ1n) is 18.2. The van der Waals surface area contributed by atoms with Crippen molar-refractivity contribution < 1.29 is 19.1 Å². The van der Waals surface area contributed by atoms with Crippen molar-refractivity contribution >= 4 is 63.3 Å². The van der Waals surface area contributed by atoms with E-state index in [4.69, 9.17) is 21.3 Å². The van der Waals surface area contributed by atoms with Crippen LogP contribution in [0.3, 0.4) is 0 Å². The van der Waals surface area contributed by atoms with E-state index in [2.05, 4.69) is 35.7 Å². The molecule has 2 fully saturated rings. The van der Waals surface area contributed by atoms with Gasteiger partial charge in [-0.25, -0.2) is 19.7 Å². The maximum Gasteiger partial charge on any atom is 0.407 e. The van der Waals surface area contributed by atoms with E-state index in [0.29, 0.717) is 84.1 Å². The monoisotopic (exact) mass is 753 g/mol. The summed E-state index contributed by atoms with van der Waals surface area (Å²) in [6.07, 6.45) is 8.26. The molecule has 1 saturated heterocycles. The Hall–Kier alpha value is -4.01. The number of nitrogens with zero attached hydrogens (tertiary/aromatic N) is 6. The molecule has 3 heterocycles. The second kappa shape index (κ2) is 18.2. The molecule has 0 bridgehead atoms. The van der Waals surface area contributed by atoms with Gasteiger partial charge in [0.05, 0.1) is 23.5 Å². The Bertz CT molecular complexity index is 1660. The van der Waals surface area contributed by atoms with Crippen molar-refractivity contribution in [3.63, 3.8) is 0 Å². The zero-order valence-electron chi connectivity index (χ0n) is 31.0. The fourth-order valence-corrected chi connectivity index (χ4v) is 7.49. The van der Waals surface area contributed by atoms with Gasteiger partial charge < -0.3 is 30.5 Å². The Morgan fingerprint density at radius 1 is 1.04 bits per heavy atom. The molecule has 1 aliphatic carbocycles. The fraction of sp³-hybridized carbons (Fsp3) is 0.568. The summed E-state index contributed by atoms with van der Waals surface area (Å²) in [5, 5.41) is 9.95. The van der Waals surface area contributed by atoms with Crippen LogP contribution in [0.5, 0.6) is 0 Å². The van der Waals surface area contributed by atoms with Crippen LogP contribution in [-0.4, -0.2) is 101 Å². The molecule has 0 atom stereocenters. The van der Waals surface area contributed by atoms with Crippen molar-refractivity contribution in [2.45, 2.75) is 78.7 Å². The third-order valence-corrected chi connectivity index (χ3v) is 10.4. The molecule has 0 spiro atoms. The third kappa shape index (κ3) is 11.8. The van der Waals surface area contributed by atoms with Gasteiger partial charge in [-0.05, 0) is 65.0 Å². The maximum atomic E-state index is 13.7. The standard InChI is InChI=1S/C37H52ClN9O4S/c1-25-11-10-14-28(38)33(25)44-34(49)29-22-40-35(52-29)43-30-21-31(42-26(2)41-30)46-19-17-45(18-20-46)24-32(48)47(23-27-12-8-6-7-9-13-27)16-15-39-36(50)51-37(3,4)5/h10-11,14,21-22,27H,6-9,12-13,15-20,23-24H2,1-5H3,(H,39,50)(H,44,49)(H,40,41,42,43). The molecule has 3 aromatic rings. The van der Waals surface area contributed by atoms with Crippen LogP contribution in [0, 0.1) is 19.8 Å². The Morgan fingerprint density at radius 2 is 1.77 bits per heavy atom. The summed E-state index contributed by atoms with van der Waals surface area (Å²) in [7, 11) is 0. The first-order valence-corrected chi connectivity index (χ1v) is 19.4. The van der Waals surface area contributed by atoms with Crippen LogP contribution in [0.4, 0.5) is 27.2 Å². The Kier molecular flexibility index (Phi) is 13.7. The Morgan fingerprint density at radius 3 is 2.46 bits per heavy atom. The van der Waals surface area contributed by atoms with Gasteiger partial charge >= 0.3 is 6.09 Å². The number of aromatic nitrogens is 3. The number of rotatable bonds is 12. The number of halogens is 1. The highest BCUT2D eigenvalue weighted by Crippen LogP contribution is 2.29. The van der Waals surface area contributed by atoms with Crippen molar-refractivity contribution in [2.24, 2.45) is 5.92 Å². The number of thiazole rings is 1. The lowest BCUT2D eigenvalue weighted by Crippen LogP contribution is -2.51. The van der Waals surface area contributed by atoms with Gasteiger partial charge in [0, 0.05) is 51.9 Å². The molecular weight excluding hydrogens is 702 g/mol. The predicted octanol–water partition coefficient (Wildman–Crippen LogP) is 6.64. The van der Waals surface area contributed by atoms with Gasteiger partial charge in [0.15, 0.2) is 5.13 Å². The minimum atomic E-state index is -0.576. The average molecular weight is 754 g/mol. The highest BCUT2D eigenvalue weighted by Gasteiger charge is 2.26. The number of carbonyl (C=O) groups excluding carboxylic acids is 3. The first-order chi connectivity index (χ1) is 24.8. The number of para-hydroxylation sites is 1. The van der Waals surface area contributed by atoms with Gasteiger partial charge in [-0.2, -0.15) is 0 Å². The Balaban J connectivity index is 1.15. The molecule has 3 amide bonds. The molecule has 0 unspecified atom stereocenters. The summed E-state index contributed by atoms with van der Waals surface area (Å²) in [6.45, 7) is 13.9. The van der Waals surface area contributed by atoms with Crippen molar-refractivity contribution in [3.8, 4) is 0 Å². The first kappa shape index (κ1) is 39.2. The number of alkyl carbamates (subject to hydrolysis) is 1. The molecule has 1 aliphatic heterocycles. The van der Waals surface area contributed by atoms with Crippen LogP contribution in [0.2, 0.25) is 5.02 Å². The maximum absolute atomic E-state index is 13.7. The molecule has 15 heteroatoms. The van der Waals surface area contributed by atoms with Crippen LogP contribution in [0.1, 0.15) is 80.4 Å². The molecule has 0 radical (unpaired) electrons. The second-order valence-electron chi connectivity index (χ2n) is 14.6. The molecule has 52 heavy (non-hydrogen) atoms. The predicted molar refractivity (Wildman–Crippen MR) is 207 cm³/mol. The number of hydrogen-bond acceptors (Lipinski definition) is 11. The van der Waals surface area contributed by atoms with Crippen molar-refractivity contribution in [3.05, 3.63) is 51.7 Å². The lowest BCUT2D eigenvalue weighted by Gasteiger charge is -2.36. The minimum Gasteiger partial charge on any atom is -0.444 e. The smallest absolute Gasteiger partial charge is 0.407 e. The highest BCUT2D eigenvalue weighted by molar-refractivity contribution is 7.17. The molecular formula is C37H52ClN9O4S. The number of carbonyl (C=O) groups is 3. The quantitative estimate of drug-likeness (QED) is 0.172. The summed E-state index contributed by atoms with van der Waals surface area (Å²) in [6, 6.07) is 7.35. The second-order valence-corrected chi connectivity index (χ2v) is 16.0. The van der Waals surface area contributed by atoms with Gasteiger partial charge in [0.1, 0.15) is 27.9 Å². The minimum absolute atomic E-state index is 0.0894. The van der Waals surface area contributed by atoms with Crippen molar-refractivity contribution in [1.82, 2.24) is 30.1 Å². The van der Waals surface area contributed by atoms with Crippen LogP contribution in [-0.2, 0) is 9.53 Å². The third-order valence-electron chi connectivity index (χ3n) is 9.16. The fourth-order valence-electron chi connectivity index (χ4n) is 6.50. The summed E-state index contributed by atoms with van der Waals surface area (Å²) in [5.74, 6) is 2.26. The molecule has 13 nitrogen and oxygen atoms in total. The van der Waals surface area contributed by atoms with E-state index in [1.165, 1.54) is 43.2 Å². The normalized spacial score (nSPS) is 15.8. The number of anilines is 4. The molecule has 1 saturated carbocycles. The van der Waals surface area contributed by atoms with Crippen LogP contribution >= 0.6 is 22.9 Å².